The third-order valence-electron chi connectivity index (χ3n) is 5.77. The van der Waals surface area contributed by atoms with Crippen LogP contribution in [0.4, 0.5) is 0 Å². The summed E-state index contributed by atoms with van der Waals surface area (Å²) in [6, 6.07) is 4.39. The Morgan fingerprint density at radius 3 is 2.67 bits per heavy atom. The van der Waals surface area contributed by atoms with Gasteiger partial charge in [0, 0.05) is 25.7 Å². The molecule has 1 saturated heterocycles. The number of ether oxygens (including phenoxy) is 3. The number of benzene rings is 1. The lowest BCUT2D eigenvalue weighted by Gasteiger charge is -2.37. The molecule has 152 valence electrons. The van der Waals surface area contributed by atoms with Gasteiger partial charge < -0.3 is 19.3 Å². The highest BCUT2D eigenvalue weighted by molar-refractivity contribution is 6.32. The highest BCUT2D eigenvalue weighted by atomic mass is 35.5. The minimum absolute atomic E-state index is 0.164. The first kappa shape index (κ1) is 20.7. The van der Waals surface area contributed by atoms with Crippen LogP contribution in [-0.4, -0.2) is 62.2 Å². The van der Waals surface area contributed by atoms with Crippen molar-refractivity contribution in [3.8, 4) is 11.5 Å². The van der Waals surface area contributed by atoms with E-state index in [1.807, 2.05) is 12.1 Å². The molecule has 1 aromatic carbocycles. The second kappa shape index (κ2) is 9.97. The largest absolute Gasteiger partial charge is 0.493 e. The monoisotopic (exact) mass is 397 g/mol. The average molecular weight is 398 g/mol. The molecule has 6 heteroatoms. The molecular formula is C21H32ClNO4. The quantitative estimate of drug-likeness (QED) is 0.678. The van der Waals surface area contributed by atoms with Crippen LogP contribution in [0.1, 0.15) is 44.1 Å². The van der Waals surface area contributed by atoms with Crippen molar-refractivity contribution in [3.05, 3.63) is 22.7 Å². The van der Waals surface area contributed by atoms with E-state index in [1.165, 1.54) is 19.3 Å². The maximum absolute atomic E-state index is 9.85. The molecule has 1 aromatic rings. The van der Waals surface area contributed by atoms with Gasteiger partial charge in [0.2, 0.25) is 0 Å². The lowest BCUT2D eigenvalue weighted by Crippen LogP contribution is -2.46. The van der Waals surface area contributed by atoms with Crippen LogP contribution in [0.2, 0.25) is 5.02 Å². The van der Waals surface area contributed by atoms with Crippen molar-refractivity contribution in [2.24, 2.45) is 0 Å². The maximum Gasteiger partial charge on any atom is 0.179 e. The van der Waals surface area contributed by atoms with Gasteiger partial charge in [-0.1, -0.05) is 24.4 Å². The van der Waals surface area contributed by atoms with Crippen molar-refractivity contribution in [1.82, 2.24) is 4.90 Å². The number of aliphatic hydroxyl groups excluding tert-OH is 1. The summed E-state index contributed by atoms with van der Waals surface area (Å²) in [4.78, 5) is 2.43. The first-order valence-electron chi connectivity index (χ1n) is 10.1. The van der Waals surface area contributed by atoms with Crippen LogP contribution in [0.5, 0.6) is 11.5 Å². The molecule has 1 heterocycles. The summed E-state index contributed by atoms with van der Waals surface area (Å²) in [7, 11) is 3.22. The first-order valence-corrected chi connectivity index (χ1v) is 10.4. The fourth-order valence-corrected chi connectivity index (χ4v) is 4.70. The number of aryl methyl sites for hydroxylation is 1. The Morgan fingerprint density at radius 1 is 1.15 bits per heavy atom. The molecule has 0 radical (unpaired) electrons. The molecule has 0 bridgehead atoms. The number of rotatable bonds is 8. The molecule has 1 saturated carbocycles. The lowest BCUT2D eigenvalue weighted by molar-refractivity contribution is -0.0333. The molecule has 1 aliphatic carbocycles. The van der Waals surface area contributed by atoms with Gasteiger partial charge in [0.1, 0.15) is 0 Å². The Labute approximate surface area is 167 Å². The minimum Gasteiger partial charge on any atom is -0.493 e. The van der Waals surface area contributed by atoms with Crippen LogP contribution in [0, 0.1) is 0 Å². The van der Waals surface area contributed by atoms with E-state index in [1.54, 1.807) is 14.2 Å². The van der Waals surface area contributed by atoms with Crippen molar-refractivity contribution in [1.29, 1.82) is 0 Å². The molecule has 3 atom stereocenters. The molecule has 2 aliphatic rings. The molecule has 0 amide bonds. The standard InChI is InChI=1S/C21H32ClNO4/c1-25-20-13-15(12-17(22)21(20)26-2)6-5-11-27-19-8-4-3-7-18(19)23-10-9-16(24)14-23/h12-13,16,18-19,24H,3-11,14H2,1-2H3/t16-,18?,19+/m1/s1. The van der Waals surface area contributed by atoms with Gasteiger partial charge in [0.05, 0.1) is 31.5 Å². The van der Waals surface area contributed by atoms with Crippen molar-refractivity contribution in [3.63, 3.8) is 0 Å². The van der Waals surface area contributed by atoms with E-state index in [0.717, 1.165) is 50.9 Å². The van der Waals surface area contributed by atoms with Gasteiger partial charge in [-0.05, 0) is 49.8 Å². The Balaban J connectivity index is 1.49. The van der Waals surface area contributed by atoms with Crippen molar-refractivity contribution < 1.29 is 19.3 Å². The molecule has 1 aliphatic heterocycles. The molecule has 3 rings (SSSR count). The molecule has 1 N–H and O–H groups in total. The number of methoxy groups -OCH3 is 2. The fraction of sp³-hybridized carbons (Fsp3) is 0.714. The molecule has 0 spiro atoms. The van der Waals surface area contributed by atoms with E-state index in [9.17, 15) is 5.11 Å². The van der Waals surface area contributed by atoms with E-state index in [4.69, 9.17) is 25.8 Å². The Kier molecular flexibility index (Phi) is 7.65. The molecule has 2 fully saturated rings. The summed E-state index contributed by atoms with van der Waals surface area (Å²) < 4.78 is 16.9. The third-order valence-corrected chi connectivity index (χ3v) is 6.05. The summed E-state index contributed by atoms with van der Waals surface area (Å²) in [5, 5.41) is 10.4. The fourth-order valence-electron chi connectivity index (χ4n) is 4.39. The average Bonchev–Trinajstić information content (AvgIpc) is 3.11. The van der Waals surface area contributed by atoms with E-state index in [-0.39, 0.29) is 12.2 Å². The zero-order valence-corrected chi connectivity index (χ0v) is 17.2. The third kappa shape index (κ3) is 5.29. The SMILES string of the molecule is COc1cc(CCCO[C@H]2CCCCC2N2CC[C@@H](O)C2)cc(Cl)c1OC. The highest BCUT2D eigenvalue weighted by Crippen LogP contribution is 2.36. The van der Waals surface area contributed by atoms with E-state index < -0.39 is 0 Å². The van der Waals surface area contributed by atoms with Crippen LogP contribution in [0.25, 0.3) is 0 Å². The summed E-state index contributed by atoms with van der Waals surface area (Å²) >= 11 is 6.29. The number of nitrogens with zero attached hydrogens (tertiary/aromatic N) is 1. The predicted octanol–water partition coefficient (Wildman–Crippen LogP) is 3.68. The number of likely N-dealkylation sites (tertiary alicyclic amines) is 1. The molecule has 1 unspecified atom stereocenters. The van der Waals surface area contributed by atoms with Crippen molar-refractivity contribution in [2.75, 3.05) is 33.9 Å². The number of halogens is 1. The molecule has 27 heavy (non-hydrogen) atoms. The minimum atomic E-state index is -0.164. The zero-order chi connectivity index (χ0) is 19.2. The summed E-state index contributed by atoms with van der Waals surface area (Å²) in [5.74, 6) is 1.25. The van der Waals surface area contributed by atoms with Crippen LogP contribution < -0.4 is 9.47 Å². The first-order chi connectivity index (χ1) is 13.1. The van der Waals surface area contributed by atoms with Crippen LogP contribution in [0.15, 0.2) is 12.1 Å². The number of aliphatic hydroxyl groups is 1. The predicted molar refractivity (Wildman–Crippen MR) is 107 cm³/mol. The van der Waals surface area contributed by atoms with Crippen LogP contribution in [0.3, 0.4) is 0 Å². The summed E-state index contributed by atoms with van der Waals surface area (Å²) in [6.45, 7) is 2.54. The number of hydrogen-bond acceptors (Lipinski definition) is 5. The van der Waals surface area contributed by atoms with Crippen LogP contribution in [-0.2, 0) is 11.2 Å². The topological polar surface area (TPSA) is 51.2 Å². The smallest absolute Gasteiger partial charge is 0.179 e. The van der Waals surface area contributed by atoms with Gasteiger partial charge in [-0.15, -0.1) is 0 Å². The van der Waals surface area contributed by atoms with Crippen LogP contribution >= 0.6 is 11.6 Å². The van der Waals surface area contributed by atoms with Gasteiger partial charge in [-0.3, -0.25) is 4.90 Å². The van der Waals surface area contributed by atoms with E-state index in [0.29, 0.717) is 22.6 Å². The van der Waals surface area contributed by atoms with E-state index in [2.05, 4.69) is 4.90 Å². The van der Waals surface area contributed by atoms with E-state index >= 15 is 0 Å². The Hall–Kier alpha value is -1.01. The number of hydrogen-bond donors (Lipinski definition) is 1. The second-order valence-corrected chi connectivity index (χ2v) is 8.02. The Bertz CT molecular complexity index is 612. The van der Waals surface area contributed by atoms with Gasteiger partial charge in [-0.25, -0.2) is 0 Å². The Morgan fingerprint density at radius 2 is 1.96 bits per heavy atom. The summed E-state index contributed by atoms with van der Waals surface area (Å²) in [6.07, 6.45) is 7.66. The zero-order valence-electron chi connectivity index (χ0n) is 16.5. The van der Waals surface area contributed by atoms with Crippen molar-refractivity contribution in [2.45, 2.75) is 63.2 Å². The summed E-state index contributed by atoms with van der Waals surface area (Å²) in [5.41, 5.74) is 1.13. The molecule has 5 nitrogen and oxygen atoms in total. The van der Waals surface area contributed by atoms with Crippen molar-refractivity contribution >= 4 is 11.6 Å². The second-order valence-electron chi connectivity index (χ2n) is 7.62. The van der Waals surface area contributed by atoms with Gasteiger partial charge in [0.25, 0.3) is 0 Å². The highest BCUT2D eigenvalue weighted by Gasteiger charge is 2.34. The number of β-amino-alcohol motifs (C(OH)–C–C–N with tert-alkyl or cyclic N) is 1. The maximum atomic E-state index is 9.85. The van der Waals surface area contributed by atoms with Gasteiger partial charge >= 0.3 is 0 Å². The lowest BCUT2D eigenvalue weighted by atomic mass is 9.91. The van der Waals surface area contributed by atoms with Gasteiger partial charge in [-0.2, -0.15) is 0 Å². The normalized spacial score (nSPS) is 26.3. The molecular weight excluding hydrogens is 366 g/mol. The van der Waals surface area contributed by atoms with Gasteiger partial charge in [0.15, 0.2) is 11.5 Å². The molecule has 0 aromatic heterocycles.